The molecule has 1 heterocycles. The van der Waals surface area contributed by atoms with E-state index in [9.17, 15) is 9.90 Å². The highest BCUT2D eigenvalue weighted by Crippen LogP contribution is 2.22. The summed E-state index contributed by atoms with van der Waals surface area (Å²) < 4.78 is 10.3. The van der Waals surface area contributed by atoms with Crippen LogP contribution in [0.1, 0.15) is 32.1 Å². The van der Waals surface area contributed by atoms with Gasteiger partial charge >= 0.3 is 5.63 Å². The van der Waals surface area contributed by atoms with Gasteiger partial charge in [0, 0.05) is 12.0 Å². The van der Waals surface area contributed by atoms with Gasteiger partial charge < -0.3 is 14.3 Å². The third-order valence-electron chi connectivity index (χ3n) is 3.02. The minimum absolute atomic E-state index is 0.0115. The molecule has 0 radical (unpaired) electrons. The van der Waals surface area contributed by atoms with Crippen LogP contribution in [0.2, 0.25) is 0 Å². The molecule has 0 spiro atoms. The second-order valence-electron chi connectivity index (χ2n) is 4.54. The molecule has 100 valence electrons. The molecule has 4 heteroatoms. The van der Waals surface area contributed by atoms with E-state index in [0.717, 1.165) is 5.57 Å². The van der Waals surface area contributed by atoms with Crippen molar-refractivity contribution < 1.29 is 14.3 Å². The van der Waals surface area contributed by atoms with Gasteiger partial charge in [-0.25, -0.2) is 4.79 Å². The molecule has 0 saturated heterocycles. The third-order valence-corrected chi connectivity index (χ3v) is 3.02. The molecule has 0 aliphatic carbocycles. The highest BCUT2D eigenvalue weighted by Gasteiger charge is 2.11. The number of allylic oxidation sites excluding steroid dienone is 1. The van der Waals surface area contributed by atoms with Crippen LogP contribution in [0, 0.1) is 12.8 Å². The van der Waals surface area contributed by atoms with Crippen LogP contribution < -0.4 is 10.4 Å². The lowest BCUT2D eigenvalue weighted by atomic mass is 10.0. The van der Waals surface area contributed by atoms with Gasteiger partial charge in [-0.3, -0.25) is 0 Å². The molecule has 1 aromatic rings. The fourth-order valence-electron chi connectivity index (χ4n) is 1.56. The van der Waals surface area contributed by atoms with Crippen LogP contribution in [0.25, 0.3) is 5.57 Å². The summed E-state index contributed by atoms with van der Waals surface area (Å²) in [5.74, 6) is 0.969. The summed E-state index contributed by atoms with van der Waals surface area (Å²) in [6, 6.07) is 1.69. The van der Waals surface area contributed by atoms with Crippen molar-refractivity contribution in [2.24, 2.45) is 5.92 Å². The lowest BCUT2D eigenvalue weighted by Crippen LogP contribution is -2.11. The van der Waals surface area contributed by atoms with E-state index < -0.39 is 11.7 Å². The summed E-state index contributed by atoms with van der Waals surface area (Å²) in [6.45, 7) is 7.12. The predicted octanol–water partition coefficient (Wildman–Crippen LogP) is 2.38. The first kappa shape index (κ1) is 14.5. The van der Waals surface area contributed by atoms with Crippen LogP contribution in [0.5, 0.6) is 5.75 Å². The van der Waals surface area contributed by atoms with Gasteiger partial charge in [-0.05, 0) is 26.3 Å². The molecule has 0 fully saturated rings. The summed E-state index contributed by atoms with van der Waals surface area (Å²) in [5, 5.41) is 9.45. The summed E-state index contributed by atoms with van der Waals surface area (Å²) in [6.07, 6.45) is 1.43. The summed E-state index contributed by atoms with van der Waals surface area (Å²) >= 11 is 0. The monoisotopic (exact) mass is 252 g/mol. The quantitative estimate of drug-likeness (QED) is 0.893. The van der Waals surface area contributed by atoms with E-state index in [1.54, 1.807) is 19.9 Å². The van der Waals surface area contributed by atoms with Crippen molar-refractivity contribution in [1.29, 1.82) is 0 Å². The Balaban J connectivity index is 3.18. The average Bonchev–Trinajstić information content (AvgIpc) is 2.32. The van der Waals surface area contributed by atoms with E-state index in [-0.39, 0.29) is 5.92 Å². The Kier molecular flexibility index (Phi) is 4.73. The molecule has 1 rings (SSSR count). The van der Waals surface area contributed by atoms with Crippen LogP contribution in [0.3, 0.4) is 0 Å². The maximum atomic E-state index is 11.6. The zero-order chi connectivity index (χ0) is 13.9. The lowest BCUT2D eigenvalue weighted by molar-refractivity contribution is 0.157. The number of ether oxygens (including phenoxy) is 1. The van der Waals surface area contributed by atoms with Crippen molar-refractivity contribution >= 4 is 5.57 Å². The van der Waals surface area contributed by atoms with Crippen molar-refractivity contribution in [2.75, 3.05) is 7.11 Å². The van der Waals surface area contributed by atoms with Crippen LogP contribution >= 0.6 is 0 Å². The first-order valence-electron chi connectivity index (χ1n) is 5.92. The molecule has 18 heavy (non-hydrogen) atoms. The standard InChI is InChI=1S/C14H20O4/c1-8(11(4)15)6-9(2)12-7-13(17-5)10(3)14(16)18-12/h6-8,11,15H,1-5H3/t8-,11-/m0/s1. The maximum absolute atomic E-state index is 11.6. The van der Waals surface area contributed by atoms with E-state index in [1.807, 2.05) is 19.9 Å². The molecule has 0 bridgehead atoms. The molecule has 4 nitrogen and oxygen atoms in total. The Hall–Kier alpha value is -1.55. The fourth-order valence-corrected chi connectivity index (χ4v) is 1.56. The molecule has 1 N–H and O–H groups in total. The van der Waals surface area contributed by atoms with Gasteiger partial charge in [0.1, 0.15) is 11.5 Å². The van der Waals surface area contributed by atoms with Crippen molar-refractivity contribution in [3.8, 4) is 5.75 Å². The van der Waals surface area contributed by atoms with Gasteiger partial charge in [0.2, 0.25) is 0 Å². The molecular formula is C14H20O4. The summed E-state index contributed by atoms with van der Waals surface area (Å²) in [7, 11) is 1.52. The number of aliphatic hydroxyl groups is 1. The first-order chi connectivity index (χ1) is 8.36. The first-order valence-corrected chi connectivity index (χ1v) is 5.92. The van der Waals surface area contributed by atoms with E-state index in [1.165, 1.54) is 7.11 Å². The Morgan fingerprint density at radius 2 is 2.11 bits per heavy atom. The van der Waals surface area contributed by atoms with Gasteiger partial charge in [0.15, 0.2) is 0 Å². The fraction of sp³-hybridized carbons (Fsp3) is 0.500. The van der Waals surface area contributed by atoms with Gasteiger partial charge in [-0.1, -0.05) is 13.0 Å². The van der Waals surface area contributed by atoms with Crippen LogP contribution in [0.15, 0.2) is 21.4 Å². The minimum Gasteiger partial charge on any atom is -0.496 e. The van der Waals surface area contributed by atoms with E-state index in [4.69, 9.17) is 9.15 Å². The smallest absolute Gasteiger partial charge is 0.342 e. The Labute approximate surface area is 107 Å². The second kappa shape index (κ2) is 5.87. The van der Waals surface area contributed by atoms with E-state index in [2.05, 4.69) is 0 Å². The lowest BCUT2D eigenvalue weighted by Gasteiger charge is -2.11. The summed E-state index contributed by atoms with van der Waals surface area (Å²) in [4.78, 5) is 11.6. The van der Waals surface area contributed by atoms with Crippen molar-refractivity contribution in [1.82, 2.24) is 0 Å². The minimum atomic E-state index is -0.445. The molecule has 0 aliphatic rings. The van der Waals surface area contributed by atoms with Gasteiger partial charge in [0.25, 0.3) is 0 Å². The van der Waals surface area contributed by atoms with Gasteiger partial charge in [-0.2, -0.15) is 0 Å². The second-order valence-corrected chi connectivity index (χ2v) is 4.54. The average molecular weight is 252 g/mol. The zero-order valence-corrected chi connectivity index (χ0v) is 11.5. The predicted molar refractivity (Wildman–Crippen MR) is 70.8 cm³/mol. The van der Waals surface area contributed by atoms with E-state index in [0.29, 0.717) is 17.1 Å². The van der Waals surface area contributed by atoms with Gasteiger partial charge in [0.05, 0.1) is 18.8 Å². The SMILES string of the molecule is COc1cc(C(C)=C[C@H](C)[C@H](C)O)oc(=O)c1C. The molecular weight excluding hydrogens is 232 g/mol. The Morgan fingerprint density at radius 1 is 1.50 bits per heavy atom. The molecule has 1 aromatic heterocycles. The summed E-state index contributed by atoms with van der Waals surface area (Å²) in [5.41, 5.74) is 0.859. The zero-order valence-electron chi connectivity index (χ0n) is 11.5. The number of hydrogen-bond donors (Lipinski definition) is 1. The van der Waals surface area contributed by atoms with E-state index >= 15 is 0 Å². The maximum Gasteiger partial charge on any atom is 0.342 e. The molecule has 2 atom stereocenters. The number of methoxy groups -OCH3 is 1. The van der Waals surface area contributed by atoms with Crippen molar-refractivity contribution in [3.63, 3.8) is 0 Å². The van der Waals surface area contributed by atoms with Gasteiger partial charge in [-0.15, -0.1) is 0 Å². The molecule has 0 aliphatic heterocycles. The highest BCUT2D eigenvalue weighted by atomic mass is 16.5. The normalized spacial score (nSPS) is 15.3. The molecule has 0 amide bonds. The largest absolute Gasteiger partial charge is 0.496 e. The van der Waals surface area contributed by atoms with Crippen molar-refractivity contribution in [3.05, 3.63) is 33.9 Å². The highest BCUT2D eigenvalue weighted by molar-refractivity contribution is 5.60. The Morgan fingerprint density at radius 3 is 2.61 bits per heavy atom. The molecule has 0 unspecified atom stereocenters. The molecule has 0 aromatic carbocycles. The van der Waals surface area contributed by atoms with Crippen LogP contribution in [0.4, 0.5) is 0 Å². The third kappa shape index (κ3) is 3.23. The number of hydrogen-bond acceptors (Lipinski definition) is 4. The topological polar surface area (TPSA) is 59.7 Å². The Bertz CT molecular complexity index is 497. The van der Waals surface area contributed by atoms with Crippen molar-refractivity contribution in [2.45, 2.75) is 33.8 Å². The van der Waals surface area contributed by atoms with Crippen LogP contribution in [-0.2, 0) is 0 Å². The number of rotatable bonds is 4. The number of aliphatic hydroxyl groups excluding tert-OH is 1. The van der Waals surface area contributed by atoms with Crippen LogP contribution in [-0.4, -0.2) is 18.3 Å². The molecule has 0 saturated carbocycles.